The van der Waals surface area contributed by atoms with Gasteiger partial charge in [-0.05, 0) is 53.6 Å². The summed E-state index contributed by atoms with van der Waals surface area (Å²) < 4.78 is 5.35. The Labute approximate surface area is 112 Å². The van der Waals surface area contributed by atoms with E-state index in [1.807, 2.05) is 27.7 Å². The van der Waals surface area contributed by atoms with Crippen molar-refractivity contribution in [1.82, 2.24) is 10.2 Å². The third kappa shape index (κ3) is 9.28. The van der Waals surface area contributed by atoms with Gasteiger partial charge in [-0.15, -0.1) is 0 Å². The predicted octanol–water partition coefficient (Wildman–Crippen LogP) is 3.02. The van der Waals surface area contributed by atoms with E-state index in [9.17, 15) is 4.79 Å². The molecule has 0 radical (unpaired) electrons. The summed E-state index contributed by atoms with van der Waals surface area (Å²) in [6.45, 7) is 13.3. The van der Waals surface area contributed by atoms with Crippen LogP contribution in [0.1, 0.15) is 53.9 Å². The summed E-state index contributed by atoms with van der Waals surface area (Å²) in [5.74, 6) is 0. The number of carbonyl (C=O) groups excluding carboxylic acids is 1. The first-order valence-corrected chi connectivity index (χ1v) is 7.09. The number of nitrogens with zero attached hydrogens (tertiary/aromatic N) is 1. The summed E-state index contributed by atoms with van der Waals surface area (Å²) in [5.41, 5.74) is -0.413. The van der Waals surface area contributed by atoms with Gasteiger partial charge in [0.1, 0.15) is 5.60 Å². The van der Waals surface area contributed by atoms with Crippen LogP contribution >= 0.6 is 0 Å². The maximum Gasteiger partial charge on any atom is 0.410 e. The molecule has 0 aromatic rings. The Bertz CT molecular complexity index is 224. The minimum atomic E-state index is -0.413. The van der Waals surface area contributed by atoms with Gasteiger partial charge in [-0.25, -0.2) is 4.79 Å². The van der Waals surface area contributed by atoms with E-state index in [-0.39, 0.29) is 6.09 Å². The fraction of sp³-hybridized carbons (Fsp3) is 0.929. The SMILES string of the molecule is CCCCNCCCN(CC)C(=O)OC(C)(C)C. The van der Waals surface area contributed by atoms with Crippen molar-refractivity contribution < 1.29 is 9.53 Å². The standard InChI is InChI=1S/C14H30N2O2/c1-6-8-10-15-11-9-12-16(7-2)13(17)18-14(3,4)5/h15H,6-12H2,1-5H3. The molecule has 0 heterocycles. The molecule has 0 aliphatic heterocycles. The van der Waals surface area contributed by atoms with E-state index in [0.717, 1.165) is 26.1 Å². The van der Waals surface area contributed by atoms with E-state index >= 15 is 0 Å². The predicted molar refractivity (Wildman–Crippen MR) is 75.9 cm³/mol. The van der Waals surface area contributed by atoms with Crippen LogP contribution in [0.5, 0.6) is 0 Å². The summed E-state index contributed by atoms with van der Waals surface area (Å²) in [4.78, 5) is 13.6. The van der Waals surface area contributed by atoms with Crippen LogP contribution in [0.4, 0.5) is 4.79 Å². The second kappa shape index (κ2) is 9.20. The van der Waals surface area contributed by atoms with Crippen LogP contribution in [-0.4, -0.2) is 42.8 Å². The summed E-state index contributed by atoms with van der Waals surface area (Å²) in [6, 6.07) is 0. The molecule has 0 atom stereocenters. The van der Waals surface area contributed by atoms with Crippen molar-refractivity contribution >= 4 is 6.09 Å². The van der Waals surface area contributed by atoms with Crippen molar-refractivity contribution in [1.29, 1.82) is 0 Å². The van der Waals surface area contributed by atoms with Crippen molar-refractivity contribution in [2.75, 3.05) is 26.2 Å². The van der Waals surface area contributed by atoms with Gasteiger partial charge in [0.05, 0.1) is 0 Å². The van der Waals surface area contributed by atoms with Gasteiger partial charge in [-0.2, -0.15) is 0 Å². The molecule has 1 N–H and O–H groups in total. The van der Waals surface area contributed by atoms with E-state index in [1.165, 1.54) is 12.8 Å². The minimum Gasteiger partial charge on any atom is -0.444 e. The molecule has 0 fully saturated rings. The molecule has 108 valence electrons. The van der Waals surface area contributed by atoms with Crippen LogP contribution in [0, 0.1) is 0 Å². The normalized spacial score (nSPS) is 11.4. The van der Waals surface area contributed by atoms with E-state index in [1.54, 1.807) is 4.90 Å². The van der Waals surface area contributed by atoms with Gasteiger partial charge in [-0.3, -0.25) is 0 Å². The summed E-state index contributed by atoms with van der Waals surface area (Å²) in [7, 11) is 0. The van der Waals surface area contributed by atoms with Crippen LogP contribution in [0.2, 0.25) is 0 Å². The summed E-state index contributed by atoms with van der Waals surface area (Å²) in [6.07, 6.45) is 3.19. The fourth-order valence-electron chi connectivity index (χ4n) is 1.53. The Hall–Kier alpha value is -0.770. The first kappa shape index (κ1) is 17.2. The van der Waals surface area contributed by atoms with Gasteiger partial charge < -0.3 is 15.0 Å². The zero-order valence-electron chi connectivity index (χ0n) is 12.7. The molecule has 1 amide bonds. The Morgan fingerprint density at radius 2 is 1.78 bits per heavy atom. The van der Waals surface area contributed by atoms with Gasteiger partial charge in [0.25, 0.3) is 0 Å². The fourth-order valence-corrected chi connectivity index (χ4v) is 1.53. The van der Waals surface area contributed by atoms with Crippen molar-refractivity contribution in [3.8, 4) is 0 Å². The monoisotopic (exact) mass is 258 g/mol. The molecule has 0 unspecified atom stereocenters. The topological polar surface area (TPSA) is 41.6 Å². The zero-order chi connectivity index (χ0) is 14.0. The molecule has 0 aliphatic carbocycles. The molecule has 0 saturated heterocycles. The average molecular weight is 258 g/mol. The van der Waals surface area contributed by atoms with Gasteiger partial charge in [0.15, 0.2) is 0 Å². The molecule has 0 aromatic carbocycles. The maximum absolute atomic E-state index is 11.8. The quantitative estimate of drug-likeness (QED) is 0.680. The zero-order valence-corrected chi connectivity index (χ0v) is 12.7. The lowest BCUT2D eigenvalue weighted by molar-refractivity contribution is 0.0258. The number of rotatable bonds is 8. The summed E-state index contributed by atoms with van der Waals surface area (Å²) >= 11 is 0. The lowest BCUT2D eigenvalue weighted by Gasteiger charge is -2.26. The molecule has 0 rings (SSSR count). The van der Waals surface area contributed by atoms with Gasteiger partial charge >= 0.3 is 6.09 Å². The summed E-state index contributed by atoms with van der Waals surface area (Å²) in [5, 5.41) is 3.37. The number of hydrogen-bond acceptors (Lipinski definition) is 3. The van der Waals surface area contributed by atoms with Gasteiger partial charge in [-0.1, -0.05) is 13.3 Å². The molecule has 0 saturated carbocycles. The second-order valence-corrected chi connectivity index (χ2v) is 5.52. The van der Waals surface area contributed by atoms with Crippen LogP contribution in [-0.2, 0) is 4.74 Å². The lowest BCUT2D eigenvalue weighted by Crippen LogP contribution is -2.38. The van der Waals surface area contributed by atoms with Crippen molar-refractivity contribution in [2.24, 2.45) is 0 Å². The molecular weight excluding hydrogens is 228 g/mol. The molecule has 0 spiro atoms. The Morgan fingerprint density at radius 3 is 2.28 bits per heavy atom. The van der Waals surface area contributed by atoms with Crippen LogP contribution in [0.25, 0.3) is 0 Å². The molecule has 4 heteroatoms. The first-order valence-electron chi connectivity index (χ1n) is 7.09. The van der Waals surface area contributed by atoms with E-state index in [2.05, 4.69) is 12.2 Å². The third-order valence-corrected chi connectivity index (χ3v) is 2.52. The van der Waals surface area contributed by atoms with Crippen LogP contribution in [0.3, 0.4) is 0 Å². The van der Waals surface area contributed by atoms with Crippen LogP contribution in [0.15, 0.2) is 0 Å². The average Bonchev–Trinajstić information content (AvgIpc) is 2.25. The number of unbranched alkanes of at least 4 members (excludes halogenated alkanes) is 1. The number of carbonyl (C=O) groups is 1. The number of nitrogens with one attached hydrogen (secondary N) is 1. The van der Waals surface area contributed by atoms with E-state index in [0.29, 0.717) is 6.54 Å². The smallest absolute Gasteiger partial charge is 0.410 e. The lowest BCUT2D eigenvalue weighted by atomic mass is 10.2. The van der Waals surface area contributed by atoms with Crippen LogP contribution < -0.4 is 5.32 Å². The van der Waals surface area contributed by atoms with Crippen molar-refractivity contribution in [3.63, 3.8) is 0 Å². The highest BCUT2D eigenvalue weighted by Gasteiger charge is 2.20. The molecule has 0 aliphatic rings. The van der Waals surface area contributed by atoms with E-state index < -0.39 is 5.60 Å². The number of amides is 1. The highest BCUT2D eigenvalue weighted by molar-refractivity contribution is 5.68. The third-order valence-electron chi connectivity index (χ3n) is 2.52. The molecule has 0 bridgehead atoms. The highest BCUT2D eigenvalue weighted by atomic mass is 16.6. The Balaban J connectivity index is 3.79. The van der Waals surface area contributed by atoms with E-state index in [4.69, 9.17) is 4.74 Å². The minimum absolute atomic E-state index is 0.210. The molecule has 18 heavy (non-hydrogen) atoms. The Kier molecular flexibility index (Phi) is 8.81. The number of hydrogen-bond donors (Lipinski definition) is 1. The van der Waals surface area contributed by atoms with Gasteiger partial charge in [0.2, 0.25) is 0 Å². The highest BCUT2D eigenvalue weighted by Crippen LogP contribution is 2.09. The van der Waals surface area contributed by atoms with Gasteiger partial charge in [0, 0.05) is 13.1 Å². The molecule has 0 aromatic heterocycles. The molecule has 4 nitrogen and oxygen atoms in total. The largest absolute Gasteiger partial charge is 0.444 e. The second-order valence-electron chi connectivity index (χ2n) is 5.52. The first-order chi connectivity index (χ1) is 8.40. The number of ether oxygens (including phenoxy) is 1. The van der Waals surface area contributed by atoms with Crippen molar-refractivity contribution in [2.45, 2.75) is 59.5 Å². The van der Waals surface area contributed by atoms with Crippen molar-refractivity contribution in [3.05, 3.63) is 0 Å². The maximum atomic E-state index is 11.8. The Morgan fingerprint density at radius 1 is 1.17 bits per heavy atom. The molecular formula is C14H30N2O2.